The van der Waals surface area contributed by atoms with Crippen LogP contribution < -0.4 is 15.8 Å². The van der Waals surface area contributed by atoms with E-state index in [2.05, 4.69) is 5.32 Å². The van der Waals surface area contributed by atoms with Crippen molar-refractivity contribution in [3.8, 4) is 5.75 Å². The molecule has 3 N–H and O–H groups in total. The topological polar surface area (TPSA) is 64.3 Å². The van der Waals surface area contributed by atoms with Gasteiger partial charge in [0, 0.05) is 0 Å². The molecule has 2 rings (SSSR count). The van der Waals surface area contributed by atoms with E-state index in [4.69, 9.17) is 10.5 Å². The first-order valence-electron chi connectivity index (χ1n) is 6.48. The third kappa shape index (κ3) is 3.75. The number of nitrogens with two attached hydrogens (primary N) is 1. The number of carbonyl (C=O) groups excluding carboxylic acids is 1. The van der Waals surface area contributed by atoms with E-state index in [-0.39, 0.29) is 18.6 Å². The lowest BCUT2D eigenvalue weighted by molar-refractivity contribution is -0.123. The molecule has 1 amide bonds. The maximum atomic E-state index is 11.8. The lowest BCUT2D eigenvalue weighted by atomic mass is 10.1. The molecule has 20 heavy (non-hydrogen) atoms. The number of rotatable bonds is 5. The van der Waals surface area contributed by atoms with Gasteiger partial charge in [-0.25, -0.2) is 0 Å². The van der Waals surface area contributed by atoms with Crippen molar-refractivity contribution in [3.63, 3.8) is 0 Å². The van der Waals surface area contributed by atoms with Crippen LogP contribution in [0.2, 0.25) is 0 Å². The molecule has 0 aliphatic carbocycles. The van der Waals surface area contributed by atoms with Crippen LogP contribution >= 0.6 is 0 Å². The predicted molar refractivity (Wildman–Crippen MR) is 79.3 cm³/mol. The molecule has 104 valence electrons. The largest absolute Gasteiger partial charge is 0.482 e. The molecule has 4 nitrogen and oxygen atoms in total. The van der Waals surface area contributed by atoms with Crippen LogP contribution in [0.5, 0.6) is 5.75 Å². The molecule has 0 fully saturated rings. The second kappa shape index (κ2) is 6.61. The van der Waals surface area contributed by atoms with Crippen LogP contribution in [-0.2, 0) is 4.79 Å². The highest BCUT2D eigenvalue weighted by Crippen LogP contribution is 2.19. The minimum absolute atomic E-state index is 0.0502. The van der Waals surface area contributed by atoms with Crippen molar-refractivity contribution >= 4 is 11.6 Å². The van der Waals surface area contributed by atoms with Gasteiger partial charge in [0.05, 0.1) is 11.7 Å². The fraction of sp³-hybridized carbons (Fsp3) is 0.188. The van der Waals surface area contributed by atoms with E-state index in [0.29, 0.717) is 11.4 Å². The number of nitrogens with one attached hydrogen (secondary N) is 1. The fourth-order valence-corrected chi connectivity index (χ4v) is 1.86. The maximum absolute atomic E-state index is 11.8. The summed E-state index contributed by atoms with van der Waals surface area (Å²) in [6.07, 6.45) is 0. The van der Waals surface area contributed by atoms with E-state index < -0.39 is 0 Å². The van der Waals surface area contributed by atoms with Gasteiger partial charge in [0.25, 0.3) is 5.91 Å². The number of carbonyl (C=O) groups is 1. The number of amides is 1. The molecule has 0 saturated carbocycles. The molecule has 1 atom stereocenters. The predicted octanol–water partition coefficient (Wildman–Crippen LogP) is 2.53. The molecule has 4 heteroatoms. The molecule has 0 bridgehead atoms. The molecular weight excluding hydrogens is 252 g/mol. The quantitative estimate of drug-likeness (QED) is 0.821. The lowest BCUT2D eigenvalue weighted by Crippen LogP contribution is -2.31. The van der Waals surface area contributed by atoms with Crippen molar-refractivity contribution in [1.82, 2.24) is 5.32 Å². The monoisotopic (exact) mass is 270 g/mol. The number of hydrogen-bond acceptors (Lipinski definition) is 3. The second-order valence-electron chi connectivity index (χ2n) is 4.53. The Kier molecular flexibility index (Phi) is 4.60. The molecule has 0 saturated heterocycles. The summed E-state index contributed by atoms with van der Waals surface area (Å²) in [5.41, 5.74) is 7.32. The molecule has 0 aromatic heterocycles. The second-order valence-corrected chi connectivity index (χ2v) is 4.53. The third-order valence-corrected chi connectivity index (χ3v) is 2.95. The Balaban J connectivity index is 1.86. The molecule has 0 spiro atoms. The molecule has 0 aliphatic heterocycles. The van der Waals surface area contributed by atoms with Gasteiger partial charge in [-0.05, 0) is 24.6 Å². The Bertz CT molecular complexity index is 570. The average Bonchev–Trinajstić information content (AvgIpc) is 2.47. The van der Waals surface area contributed by atoms with Crippen molar-refractivity contribution < 1.29 is 9.53 Å². The highest BCUT2D eigenvalue weighted by atomic mass is 16.5. The van der Waals surface area contributed by atoms with Gasteiger partial charge in [-0.3, -0.25) is 4.79 Å². The number of ether oxygens (including phenoxy) is 1. The van der Waals surface area contributed by atoms with Crippen LogP contribution in [0, 0.1) is 0 Å². The summed E-state index contributed by atoms with van der Waals surface area (Å²) in [4.78, 5) is 11.8. The van der Waals surface area contributed by atoms with Gasteiger partial charge in [0.15, 0.2) is 6.61 Å². The summed E-state index contributed by atoms with van der Waals surface area (Å²) in [6, 6.07) is 16.8. The standard InChI is InChI=1S/C16H18N2O2/c1-12(13-7-3-2-4-8-13)18-16(19)11-20-15-10-6-5-9-14(15)17/h2-10,12H,11,17H2,1H3,(H,18,19)/t12-/m1/s1. The normalized spacial score (nSPS) is 11.7. The van der Waals surface area contributed by atoms with Gasteiger partial charge >= 0.3 is 0 Å². The van der Waals surface area contributed by atoms with Gasteiger partial charge in [0.1, 0.15) is 5.75 Å². The first-order valence-corrected chi connectivity index (χ1v) is 6.48. The number of hydrogen-bond donors (Lipinski definition) is 2. The van der Waals surface area contributed by atoms with Crippen LogP contribution in [0.3, 0.4) is 0 Å². The lowest BCUT2D eigenvalue weighted by Gasteiger charge is -2.15. The van der Waals surface area contributed by atoms with Crippen molar-refractivity contribution in [1.29, 1.82) is 0 Å². The van der Waals surface area contributed by atoms with Crippen molar-refractivity contribution in [2.75, 3.05) is 12.3 Å². The van der Waals surface area contributed by atoms with Gasteiger partial charge in [-0.15, -0.1) is 0 Å². The number of nitrogen functional groups attached to an aromatic ring is 1. The third-order valence-electron chi connectivity index (χ3n) is 2.95. The van der Waals surface area contributed by atoms with E-state index in [1.54, 1.807) is 12.1 Å². The zero-order valence-electron chi connectivity index (χ0n) is 11.4. The zero-order valence-corrected chi connectivity index (χ0v) is 11.4. The van der Waals surface area contributed by atoms with Crippen LogP contribution in [0.1, 0.15) is 18.5 Å². The van der Waals surface area contributed by atoms with Crippen LogP contribution in [-0.4, -0.2) is 12.5 Å². The Morgan fingerprint density at radius 3 is 2.50 bits per heavy atom. The van der Waals surface area contributed by atoms with Gasteiger partial charge in [-0.2, -0.15) is 0 Å². The molecule has 0 aliphatic rings. The van der Waals surface area contributed by atoms with Crippen molar-refractivity contribution in [2.45, 2.75) is 13.0 Å². The first-order chi connectivity index (χ1) is 9.66. The van der Waals surface area contributed by atoms with E-state index in [1.165, 1.54) is 0 Å². The van der Waals surface area contributed by atoms with Crippen molar-refractivity contribution in [2.24, 2.45) is 0 Å². The van der Waals surface area contributed by atoms with Gasteiger partial charge < -0.3 is 15.8 Å². The molecule has 0 unspecified atom stereocenters. The van der Waals surface area contributed by atoms with Gasteiger partial charge in [0.2, 0.25) is 0 Å². The summed E-state index contributed by atoms with van der Waals surface area (Å²) in [6.45, 7) is 1.88. The summed E-state index contributed by atoms with van der Waals surface area (Å²) < 4.78 is 5.40. The fourth-order valence-electron chi connectivity index (χ4n) is 1.86. The Labute approximate surface area is 118 Å². The van der Waals surface area contributed by atoms with Crippen molar-refractivity contribution in [3.05, 3.63) is 60.2 Å². The summed E-state index contributed by atoms with van der Waals surface area (Å²) in [5, 5.41) is 2.88. The first kappa shape index (κ1) is 13.9. The van der Waals surface area contributed by atoms with Crippen LogP contribution in [0.15, 0.2) is 54.6 Å². The minimum atomic E-state index is -0.176. The molecular formula is C16H18N2O2. The Morgan fingerprint density at radius 1 is 1.15 bits per heavy atom. The van der Waals surface area contributed by atoms with Crippen LogP contribution in [0.4, 0.5) is 5.69 Å². The van der Waals surface area contributed by atoms with E-state index >= 15 is 0 Å². The summed E-state index contributed by atoms with van der Waals surface area (Å²) in [7, 11) is 0. The smallest absolute Gasteiger partial charge is 0.258 e. The average molecular weight is 270 g/mol. The number of anilines is 1. The maximum Gasteiger partial charge on any atom is 0.258 e. The summed E-state index contributed by atoms with van der Waals surface area (Å²) >= 11 is 0. The minimum Gasteiger partial charge on any atom is -0.482 e. The van der Waals surface area contributed by atoms with Gasteiger partial charge in [-0.1, -0.05) is 42.5 Å². The highest BCUT2D eigenvalue weighted by Gasteiger charge is 2.10. The summed E-state index contributed by atoms with van der Waals surface area (Å²) in [5.74, 6) is 0.347. The zero-order chi connectivity index (χ0) is 14.4. The van der Waals surface area contributed by atoms with E-state index in [9.17, 15) is 4.79 Å². The highest BCUT2D eigenvalue weighted by molar-refractivity contribution is 5.78. The Morgan fingerprint density at radius 2 is 1.80 bits per heavy atom. The van der Waals surface area contributed by atoms with E-state index in [0.717, 1.165) is 5.56 Å². The Hall–Kier alpha value is -2.49. The molecule has 0 heterocycles. The SMILES string of the molecule is C[C@@H](NC(=O)COc1ccccc1N)c1ccccc1. The molecule has 0 radical (unpaired) electrons. The van der Waals surface area contributed by atoms with Crippen LogP contribution in [0.25, 0.3) is 0 Å². The number of para-hydroxylation sites is 2. The molecule has 2 aromatic carbocycles. The number of benzene rings is 2. The van der Waals surface area contributed by atoms with E-state index in [1.807, 2.05) is 49.4 Å². The molecule has 2 aromatic rings.